The molecular formula is C26H28N4O2. The summed E-state index contributed by atoms with van der Waals surface area (Å²) in [5.74, 6) is 1.23. The Morgan fingerprint density at radius 2 is 1.75 bits per heavy atom. The molecule has 1 aromatic carbocycles. The van der Waals surface area contributed by atoms with Crippen molar-refractivity contribution in [3.63, 3.8) is 0 Å². The molecule has 5 rings (SSSR count). The van der Waals surface area contributed by atoms with Crippen molar-refractivity contribution < 1.29 is 9.59 Å². The normalized spacial score (nSPS) is 19.0. The number of Topliss-reactive ketones (excluding diaryl/α,β-unsaturated/α-hetero) is 1. The van der Waals surface area contributed by atoms with Gasteiger partial charge in [0.1, 0.15) is 12.4 Å². The Hall–Kier alpha value is -3.28. The molecule has 1 saturated heterocycles. The zero-order valence-corrected chi connectivity index (χ0v) is 18.3. The highest BCUT2D eigenvalue weighted by Gasteiger charge is 2.26. The standard InChI is InChI=1S/C26H28N4O2/c31-24-18-28-23(21-8-1-2-9-22(21)24)17-19-6-5-7-20(16-19)26(32)30-14-12-29(13-15-30)25-10-3-4-11-27-25/h3-7,10-11,16H,1-2,8-9,12-15,17-18H2. The van der Waals surface area contributed by atoms with E-state index in [1.807, 2.05) is 41.3 Å². The number of hydrogen-bond acceptors (Lipinski definition) is 5. The highest BCUT2D eigenvalue weighted by atomic mass is 16.2. The molecule has 1 aliphatic carbocycles. The fourth-order valence-electron chi connectivity index (χ4n) is 4.92. The van der Waals surface area contributed by atoms with Crippen LogP contribution in [-0.2, 0) is 11.2 Å². The van der Waals surface area contributed by atoms with Crippen LogP contribution in [0.15, 0.2) is 64.8 Å². The number of dihydropyridines is 1. The molecule has 0 saturated carbocycles. The molecule has 3 heterocycles. The molecule has 2 aromatic rings. The van der Waals surface area contributed by atoms with Crippen LogP contribution >= 0.6 is 0 Å². The fraction of sp³-hybridized carbons (Fsp3) is 0.385. The highest BCUT2D eigenvalue weighted by molar-refractivity contribution is 6.14. The molecular weight excluding hydrogens is 400 g/mol. The number of aliphatic imine (C=N–C) groups is 1. The van der Waals surface area contributed by atoms with Crippen molar-refractivity contribution in [3.05, 3.63) is 70.9 Å². The number of nitrogens with zero attached hydrogens (tertiary/aromatic N) is 4. The van der Waals surface area contributed by atoms with Gasteiger partial charge in [0.2, 0.25) is 0 Å². The number of ketones is 1. The number of anilines is 1. The Balaban J connectivity index is 1.26. The van der Waals surface area contributed by atoms with Crippen molar-refractivity contribution in [3.8, 4) is 0 Å². The van der Waals surface area contributed by atoms with E-state index in [4.69, 9.17) is 0 Å². The van der Waals surface area contributed by atoms with Crippen LogP contribution in [0.25, 0.3) is 0 Å². The number of aromatic nitrogens is 1. The maximum absolute atomic E-state index is 13.2. The first-order valence-corrected chi connectivity index (χ1v) is 11.5. The Kier molecular flexibility index (Phi) is 5.84. The summed E-state index contributed by atoms with van der Waals surface area (Å²) in [5.41, 5.74) is 5.00. The minimum Gasteiger partial charge on any atom is -0.353 e. The quantitative estimate of drug-likeness (QED) is 0.748. The minimum atomic E-state index is 0.0749. The van der Waals surface area contributed by atoms with Gasteiger partial charge < -0.3 is 9.80 Å². The number of benzene rings is 1. The Labute approximate surface area is 188 Å². The zero-order valence-electron chi connectivity index (χ0n) is 18.3. The second-order valence-electron chi connectivity index (χ2n) is 8.69. The molecule has 3 aliphatic rings. The number of rotatable bonds is 4. The summed E-state index contributed by atoms with van der Waals surface area (Å²) in [4.78, 5) is 38.6. The predicted octanol–water partition coefficient (Wildman–Crippen LogP) is 3.48. The van der Waals surface area contributed by atoms with Gasteiger partial charge in [-0.15, -0.1) is 0 Å². The van der Waals surface area contributed by atoms with Crippen LogP contribution < -0.4 is 4.90 Å². The van der Waals surface area contributed by atoms with Crippen molar-refractivity contribution in [2.24, 2.45) is 4.99 Å². The molecule has 1 aromatic heterocycles. The van der Waals surface area contributed by atoms with Crippen molar-refractivity contribution in [2.45, 2.75) is 32.1 Å². The predicted molar refractivity (Wildman–Crippen MR) is 125 cm³/mol. The van der Waals surface area contributed by atoms with Crippen LogP contribution in [0, 0.1) is 0 Å². The average Bonchev–Trinajstić information content (AvgIpc) is 2.86. The Morgan fingerprint density at radius 3 is 2.53 bits per heavy atom. The largest absolute Gasteiger partial charge is 0.353 e. The van der Waals surface area contributed by atoms with Crippen LogP contribution in [0.2, 0.25) is 0 Å². The van der Waals surface area contributed by atoms with Crippen molar-refractivity contribution in [2.75, 3.05) is 37.6 Å². The third kappa shape index (κ3) is 4.22. The smallest absolute Gasteiger partial charge is 0.253 e. The van der Waals surface area contributed by atoms with Crippen LogP contribution in [0.1, 0.15) is 41.6 Å². The lowest BCUT2D eigenvalue weighted by Crippen LogP contribution is -2.49. The first-order chi connectivity index (χ1) is 15.7. The molecule has 6 heteroatoms. The fourth-order valence-corrected chi connectivity index (χ4v) is 4.92. The van der Waals surface area contributed by atoms with Crippen molar-refractivity contribution in [1.82, 2.24) is 9.88 Å². The van der Waals surface area contributed by atoms with Gasteiger partial charge in [-0.1, -0.05) is 18.2 Å². The number of piperazine rings is 1. The summed E-state index contributed by atoms with van der Waals surface area (Å²) in [6.45, 7) is 3.21. The molecule has 0 N–H and O–H groups in total. The number of amides is 1. The number of hydrogen-bond donors (Lipinski definition) is 0. The summed E-state index contributed by atoms with van der Waals surface area (Å²) in [7, 11) is 0. The first-order valence-electron chi connectivity index (χ1n) is 11.5. The second kappa shape index (κ2) is 9.07. The van der Waals surface area contributed by atoms with Gasteiger partial charge in [-0.3, -0.25) is 14.6 Å². The lowest BCUT2D eigenvalue weighted by Gasteiger charge is -2.35. The maximum Gasteiger partial charge on any atom is 0.253 e. The van der Waals surface area contributed by atoms with E-state index in [1.165, 1.54) is 0 Å². The third-order valence-corrected chi connectivity index (χ3v) is 6.65. The molecule has 0 spiro atoms. The van der Waals surface area contributed by atoms with Gasteiger partial charge in [0.25, 0.3) is 5.91 Å². The van der Waals surface area contributed by atoms with E-state index in [2.05, 4.69) is 20.9 Å². The van der Waals surface area contributed by atoms with Gasteiger partial charge in [0, 0.05) is 55.6 Å². The summed E-state index contributed by atoms with van der Waals surface area (Å²) in [6, 6.07) is 13.8. The molecule has 0 bridgehead atoms. The molecule has 0 unspecified atom stereocenters. The SMILES string of the molecule is O=C1CN=C(Cc2cccc(C(=O)N3CCN(c4ccccn4)CC3)c2)C2=C1CCCC2. The summed E-state index contributed by atoms with van der Waals surface area (Å²) < 4.78 is 0. The van der Waals surface area contributed by atoms with Gasteiger partial charge in [-0.05, 0) is 61.1 Å². The van der Waals surface area contributed by atoms with Gasteiger partial charge in [0.05, 0.1) is 0 Å². The van der Waals surface area contributed by atoms with Crippen LogP contribution in [0.4, 0.5) is 5.82 Å². The summed E-state index contributed by atoms with van der Waals surface area (Å²) >= 11 is 0. The molecule has 32 heavy (non-hydrogen) atoms. The van der Waals surface area contributed by atoms with E-state index in [0.717, 1.165) is 72.6 Å². The molecule has 164 valence electrons. The van der Waals surface area contributed by atoms with E-state index in [9.17, 15) is 9.59 Å². The number of carbonyl (C=O) groups excluding carboxylic acids is 2. The van der Waals surface area contributed by atoms with Gasteiger partial charge in [0.15, 0.2) is 5.78 Å². The van der Waals surface area contributed by atoms with Gasteiger partial charge in [-0.25, -0.2) is 4.98 Å². The highest BCUT2D eigenvalue weighted by Crippen LogP contribution is 2.30. The third-order valence-electron chi connectivity index (χ3n) is 6.65. The lowest BCUT2D eigenvalue weighted by molar-refractivity contribution is -0.114. The monoisotopic (exact) mass is 428 g/mol. The molecule has 0 atom stereocenters. The summed E-state index contributed by atoms with van der Waals surface area (Å²) in [5, 5.41) is 0. The van der Waals surface area contributed by atoms with Crippen molar-refractivity contribution >= 4 is 23.2 Å². The minimum absolute atomic E-state index is 0.0749. The Bertz CT molecular complexity index is 1080. The zero-order chi connectivity index (χ0) is 21.9. The number of allylic oxidation sites excluding steroid dienone is 1. The molecule has 1 fully saturated rings. The first kappa shape index (κ1) is 20.6. The van der Waals surface area contributed by atoms with Crippen LogP contribution in [-0.4, -0.2) is 60.0 Å². The average molecular weight is 429 g/mol. The number of carbonyl (C=O) groups is 2. The topological polar surface area (TPSA) is 65.9 Å². The van der Waals surface area contributed by atoms with E-state index >= 15 is 0 Å². The molecule has 6 nitrogen and oxygen atoms in total. The maximum atomic E-state index is 13.2. The van der Waals surface area contributed by atoms with E-state index < -0.39 is 0 Å². The van der Waals surface area contributed by atoms with E-state index in [-0.39, 0.29) is 18.2 Å². The second-order valence-corrected chi connectivity index (χ2v) is 8.69. The number of pyridine rings is 1. The van der Waals surface area contributed by atoms with Gasteiger partial charge >= 0.3 is 0 Å². The van der Waals surface area contributed by atoms with Crippen LogP contribution in [0.3, 0.4) is 0 Å². The van der Waals surface area contributed by atoms with Crippen molar-refractivity contribution in [1.29, 1.82) is 0 Å². The summed E-state index contributed by atoms with van der Waals surface area (Å²) in [6.07, 6.45) is 6.52. The molecule has 1 amide bonds. The van der Waals surface area contributed by atoms with Gasteiger partial charge in [-0.2, -0.15) is 0 Å². The Morgan fingerprint density at radius 1 is 0.938 bits per heavy atom. The molecule has 0 radical (unpaired) electrons. The van der Waals surface area contributed by atoms with E-state index in [1.54, 1.807) is 6.20 Å². The van der Waals surface area contributed by atoms with E-state index in [0.29, 0.717) is 19.5 Å². The molecule has 2 aliphatic heterocycles. The lowest BCUT2D eigenvalue weighted by atomic mass is 9.83. The van der Waals surface area contributed by atoms with Crippen LogP contribution in [0.5, 0.6) is 0 Å².